The van der Waals surface area contributed by atoms with Crippen LogP contribution in [0, 0.1) is 0 Å². The molecule has 2 aromatic heterocycles. The molecule has 0 fully saturated rings. The van der Waals surface area contributed by atoms with Gasteiger partial charge in [-0.15, -0.1) is 10.2 Å². The molecule has 2 heterocycles. The Morgan fingerprint density at radius 1 is 1.08 bits per heavy atom. The van der Waals surface area contributed by atoms with E-state index in [2.05, 4.69) is 36.2 Å². The van der Waals surface area contributed by atoms with Gasteiger partial charge in [0.05, 0.1) is 24.0 Å². The van der Waals surface area contributed by atoms with Crippen LogP contribution in [-0.4, -0.2) is 51.0 Å². The Bertz CT molecular complexity index is 1480. The van der Waals surface area contributed by atoms with E-state index in [9.17, 15) is 9.59 Å². The number of hydrogen-bond donors (Lipinski definition) is 4. The summed E-state index contributed by atoms with van der Waals surface area (Å²) in [5, 5.41) is 22.3. The van der Waals surface area contributed by atoms with Crippen molar-refractivity contribution in [3.8, 4) is 17.1 Å². The SMILES string of the molecule is [2H]C([2H])([2H])NC(=O)c1nnc(NC(=O)NCc2ccccc2)cc1Nc1cccc(-c2ncn(C)n2)c1OC. The lowest BCUT2D eigenvalue weighted by Crippen LogP contribution is -2.29. The number of ether oxygens (including phenoxy) is 1. The molecule has 0 bridgehead atoms. The maximum Gasteiger partial charge on any atom is 0.320 e. The molecule has 0 saturated carbocycles. The van der Waals surface area contributed by atoms with Gasteiger partial charge in [-0.2, -0.15) is 5.10 Å². The summed E-state index contributed by atoms with van der Waals surface area (Å²) in [6.07, 6.45) is 1.54. The van der Waals surface area contributed by atoms with Gasteiger partial charge < -0.3 is 20.7 Å². The second-order valence-corrected chi connectivity index (χ2v) is 7.49. The molecule has 0 aliphatic heterocycles. The fourth-order valence-corrected chi connectivity index (χ4v) is 3.35. The molecule has 0 aliphatic rings. The number of urea groups is 1. The first-order valence-electron chi connectivity index (χ1n) is 12.2. The van der Waals surface area contributed by atoms with Crippen molar-refractivity contribution in [3.63, 3.8) is 0 Å². The predicted molar refractivity (Wildman–Crippen MR) is 134 cm³/mol. The Labute approximate surface area is 211 Å². The van der Waals surface area contributed by atoms with Gasteiger partial charge >= 0.3 is 6.03 Å². The van der Waals surface area contributed by atoms with Gasteiger partial charge in [0.25, 0.3) is 5.91 Å². The van der Waals surface area contributed by atoms with E-state index in [0.29, 0.717) is 22.8 Å². The third-order valence-electron chi connectivity index (χ3n) is 4.99. The number of carbonyl (C=O) groups is 2. The monoisotopic (exact) mass is 490 g/mol. The Morgan fingerprint density at radius 2 is 1.92 bits per heavy atom. The molecule has 2 aromatic carbocycles. The van der Waals surface area contributed by atoms with Crippen LogP contribution in [0.3, 0.4) is 0 Å². The van der Waals surface area contributed by atoms with E-state index in [1.54, 1.807) is 36.3 Å². The lowest BCUT2D eigenvalue weighted by Gasteiger charge is -2.16. The molecule has 0 atom stereocenters. The second-order valence-electron chi connectivity index (χ2n) is 7.49. The average molecular weight is 491 g/mol. The number of anilines is 3. The van der Waals surface area contributed by atoms with E-state index in [1.165, 1.54) is 13.2 Å². The maximum absolute atomic E-state index is 12.7. The van der Waals surface area contributed by atoms with Crippen LogP contribution in [0.5, 0.6) is 5.75 Å². The molecule has 0 saturated heterocycles. The van der Waals surface area contributed by atoms with Crippen LogP contribution in [0.4, 0.5) is 22.0 Å². The first-order valence-corrected chi connectivity index (χ1v) is 10.7. The van der Waals surface area contributed by atoms with Crippen LogP contribution in [0.1, 0.15) is 20.2 Å². The van der Waals surface area contributed by atoms with Crippen molar-refractivity contribution in [1.82, 2.24) is 35.6 Å². The number of rotatable bonds is 8. The number of amides is 3. The van der Waals surface area contributed by atoms with Crippen LogP contribution in [-0.2, 0) is 13.6 Å². The molecule has 3 amide bonds. The number of hydrogen-bond acceptors (Lipinski definition) is 8. The van der Waals surface area contributed by atoms with Gasteiger partial charge in [-0.25, -0.2) is 9.78 Å². The normalized spacial score (nSPS) is 12.0. The zero-order valence-electron chi connectivity index (χ0n) is 22.4. The summed E-state index contributed by atoms with van der Waals surface area (Å²) in [5.74, 6) is -0.219. The van der Waals surface area contributed by atoms with Gasteiger partial charge in [0.15, 0.2) is 23.1 Å². The highest BCUT2D eigenvalue weighted by Gasteiger charge is 2.19. The van der Waals surface area contributed by atoms with E-state index >= 15 is 0 Å². The lowest BCUT2D eigenvalue weighted by molar-refractivity contribution is 0.0958. The van der Waals surface area contributed by atoms with Crippen molar-refractivity contribution in [2.24, 2.45) is 7.05 Å². The Balaban J connectivity index is 1.64. The molecular formula is C24H25N9O3. The molecule has 4 aromatic rings. The molecule has 0 spiro atoms. The summed E-state index contributed by atoms with van der Waals surface area (Å²) < 4.78 is 29.3. The van der Waals surface area contributed by atoms with Gasteiger partial charge in [-0.05, 0) is 17.7 Å². The van der Waals surface area contributed by atoms with Crippen molar-refractivity contribution < 1.29 is 18.4 Å². The van der Waals surface area contributed by atoms with Gasteiger partial charge in [0.1, 0.15) is 6.33 Å². The molecule has 4 rings (SSSR count). The Kier molecular flexibility index (Phi) is 6.20. The topological polar surface area (TPSA) is 148 Å². The summed E-state index contributed by atoms with van der Waals surface area (Å²) in [6, 6.07) is 15.3. The molecule has 184 valence electrons. The smallest absolute Gasteiger partial charge is 0.320 e. The second kappa shape index (κ2) is 11.0. The van der Waals surface area contributed by atoms with Crippen molar-refractivity contribution in [2.75, 3.05) is 24.7 Å². The van der Waals surface area contributed by atoms with Crippen molar-refractivity contribution in [1.29, 1.82) is 0 Å². The molecule has 0 radical (unpaired) electrons. The average Bonchev–Trinajstić information content (AvgIpc) is 3.33. The number of nitrogens with one attached hydrogen (secondary N) is 4. The standard InChI is InChI=1S/C24H25N9O3/c1-25-23(34)20-18(12-19(30-31-20)29-24(35)26-13-15-8-5-4-6-9-15)28-17-11-7-10-16(21(17)36-3)22-27-14-33(2)32-22/h4-12,14H,13H2,1-3H3,(H,25,34)(H3,26,28,29,30,35)/i1D3. The summed E-state index contributed by atoms with van der Waals surface area (Å²) >= 11 is 0. The number of para-hydroxylation sites is 1. The lowest BCUT2D eigenvalue weighted by atomic mass is 10.1. The maximum atomic E-state index is 12.7. The minimum absolute atomic E-state index is 0.00927. The molecule has 4 N–H and O–H groups in total. The van der Waals surface area contributed by atoms with E-state index in [0.717, 1.165) is 5.56 Å². The van der Waals surface area contributed by atoms with Gasteiger partial charge in [-0.1, -0.05) is 36.4 Å². The summed E-state index contributed by atoms with van der Waals surface area (Å²) in [5.41, 5.74) is 1.61. The predicted octanol–water partition coefficient (Wildman–Crippen LogP) is 2.71. The molecule has 0 aliphatic carbocycles. The highest BCUT2D eigenvalue weighted by atomic mass is 16.5. The number of aryl methyl sites for hydroxylation is 1. The first kappa shape index (κ1) is 20.4. The molecule has 12 heteroatoms. The summed E-state index contributed by atoms with van der Waals surface area (Å²) in [4.78, 5) is 29.5. The van der Waals surface area contributed by atoms with E-state index in [-0.39, 0.29) is 23.7 Å². The van der Waals surface area contributed by atoms with Crippen molar-refractivity contribution >= 4 is 29.1 Å². The minimum atomic E-state index is -2.76. The third-order valence-corrected chi connectivity index (χ3v) is 4.99. The zero-order chi connectivity index (χ0) is 28.0. The molecule has 0 unspecified atom stereocenters. The van der Waals surface area contributed by atoms with Gasteiger partial charge in [0, 0.05) is 30.7 Å². The van der Waals surface area contributed by atoms with E-state index in [4.69, 9.17) is 8.85 Å². The number of nitrogens with zero attached hydrogens (tertiary/aromatic N) is 5. The number of benzene rings is 2. The number of methoxy groups -OCH3 is 1. The zero-order valence-corrected chi connectivity index (χ0v) is 19.4. The van der Waals surface area contributed by atoms with Gasteiger partial charge in [-0.3, -0.25) is 14.8 Å². The highest BCUT2D eigenvalue weighted by Crippen LogP contribution is 2.37. The molecule has 36 heavy (non-hydrogen) atoms. The number of aromatic nitrogens is 5. The fourth-order valence-electron chi connectivity index (χ4n) is 3.35. The fraction of sp³-hybridized carbons (Fsp3) is 0.167. The summed E-state index contributed by atoms with van der Waals surface area (Å²) in [6.45, 7) is -2.48. The first-order chi connectivity index (χ1) is 18.6. The minimum Gasteiger partial charge on any atom is -0.494 e. The van der Waals surface area contributed by atoms with Crippen LogP contribution in [0.25, 0.3) is 11.4 Å². The van der Waals surface area contributed by atoms with Crippen LogP contribution in [0.15, 0.2) is 60.9 Å². The third kappa shape index (κ3) is 5.55. The summed E-state index contributed by atoms with van der Waals surface area (Å²) in [7, 11) is 3.19. The van der Waals surface area contributed by atoms with Crippen LogP contribution >= 0.6 is 0 Å². The molecule has 12 nitrogen and oxygen atoms in total. The van der Waals surface area contributed by atoms with E-state index in [1.807, 2.05) is 35.6 Å². The number of carbonyl (C=O) groups excluding carboxylic acids is 2. The van der Waals surface area contributed by atoms with Gasteiger partial charge in [0.2, 0.25) is 0 Å². The highest BCUT2D eigenvalue weighted by molar-refractivity contribution is 5.99. The quantitative estimate of drug-likeness (QED) is 0.295. The largest absolute Gasteiger partial charge is 0.494 e. The van der Waals surface area contributed by atoms with Crippen LogP contribution < -0.4 is 26.0 Å². The Morgan fingerprint density at radius 3 is 2.64 bits per heavy atom. The van der Waals surface area contributed by atoms with Crippen LogP contribution in [0.2, 0.25) is 0 Å². The van der Waals surface area contributed by atoms with Crippen molar-refractivity contribution in [3.05, 3.63) is 72.2 Å². The van der Waals surface area contributed by atoms with E-state index < -0.39 is 18.9 Å². The Hall–Kier alpha value is -5.00. The molecular weight excluding hydrogens is 462 g/mol. The van der Waals surface area contributed by atoms with Crippen molar-refractivity contribution in [2.45, 2.75) is 6.54 Å².